The first-order valence-electron chi connectivity index (χ1n) is 14.0. The lowest BCUT2D eigenvalue weighted by Crippen LogP contribution is -2.07. The minimum Gasteiger partial charge on any atom is -0.427 e. The van der Waals surface area contributed by atoms with Crippen molar-refractivity contribution in [3.63, 3.8) is 0 Å². The van der Waals surface area contributed by atoms with Crippen LogP contribution in [0.4, 0.5) is 0 Å². The number of aliphatic hydroxyl groups is 1. The average molecular weight is 483 g/mol. The second-order valence-electron chi connectivity index (χ2n) is 9.59. The van der Waals surface area contributed by atoms with Crippen LogP contribution in [0.5, 0.6) is 5.75 Å². The van der Waals surface area contributed by atoms with Gasteiger partial charge in [-0.25, -0.2) is 9.97 Å². The topological polar surface area (TPSA) is 72.3 Å². The molecule has 5 nitrogen and oxygen atoms in total. The van der Waals surface area contributed by atoms with E-state index < -0.39 is 0 Å². The van der Waals surface area contributed by atoms with Crippen molar-refractivity contribution in [2.75, 3.05) is 6.61 Å². The number of hydrogen-bond acceptors (Lipinski definition) is 5. The molecule has 35 heavy (non-hydrogen) atoms. The summed E-state index contributed by atoms with van der Waals surface area (Å²) in [5.74, 6) is 1.10. The predicted molar refractivity (Wildman–Crippen MR) is 143 cm³/mol. The van der Waals surface area contributed by atoms with E-state index >= 15 is 0 Å². The molecule has 0 spiro atoms. The first-order chi connectivity index (χ1) is 17.2. The van der Waals surface area contributed by atoms with Crippen LogP contribution in [-0.2, 0) is 11.2 Å². The van der Waals surface area contributed by atoms with E-state index in [9.17, 15) is 4.79 Å². The summed E-state index contributed by atoms with van der Waals surface area (Å²) in [7, 11) is 0. The van der Waals surface area contributed by atoms with E-state index in [1.807, 2.05) is 36.7 Å². The van der Waals surface area contributed by atoms with Gasteiger partial charge in [0.25, 0.3) is 0 Å². The molecule has 0 aliphatic rings. The number of carbonyl (C=O) groups excluding carboxylic acids is 1. The number of unbranched alkanes of at least 4 members (excludes halogenated alkanes) is 13. The van der Waals surface area contributed by atoms with E-state index in [-0.39, 0.29) is 5.97 Å². The fraction of sp³-hybridized carbons (Fsp3) is 0.633. The van der Waals surface area contributed by atoms with Gasteiger partial charge >= 0.3 is 5.97 Å². The van der Waals surface area contributed by atoms with Crippen LogP contribution >= 0.6 is 0 Å². The lowest BCUT2D eigenvalue weighted by atomic mass is 10.1. The molecule has 2 aromatic rings. The number of benzene rings is 1. The number of ether oxygens (including phenoxy) is 1. The van der Waals surface area contributed by atoms with Crippen molar-refractivity contribution in [1.82, 2.24) is 9.97 Å². The van der Waals surface area contributed by atoms with Gasteiger partial charge in [-0.3, -0.25) is 4.79 Å². The van der Waals surface area contributed by atoms with Crippen molar-refractivity contribution in [3.8, 4) is 17.1 Å². The summed E-state index contributed by atoms with van der Waals surface area (Å²) in [5, 5.41) is 8.77. The van der Waals surface area contributed by atoms with Gasteiger partial charge in [-0.1, -0.05) is 84.0 Å². The highest BCUT2D eigenvalue weighted by molar-refractivity contribution is 5.72. The largest absolute Gasteiger partial charge is 0.427 e. The molecule has 1 heterocycles. The molecular weight excluding hydrogens is 436 g/mol. The van der Waals surface area contributed by atoms with E-state index in [0.29, 0.717) is 24.6 Å². The maximum absolute atomic E-state index is 12.1. The summed E-state index contributed by atoms with van der Waals surface area (Å²) >= 11 is 0. The second kappa shape index (κ2) is 19.0. The van der Waals surface area contributed by atoms with Crippen molar-refractivity contribution in [1.29, 1.82) is 0 Å². The van der Waals surface area contributed by atoms with Crippen LogP contribution in [0.1, 0.15) is 115 Å². The molecule has 0 atom stereocenters. The van der Waals surface area contributed by atoms with E-state index in [1.165, 1.54) is 76.2 Å². The first kappa shape index (κ1) is 29.0. The summed E-state index contributed by atoms with van der Waals surface area (Å²) in [6.45, 7) is 2.55. The Morgan fingerprint density at radius 1 is 0.743 bits per heavy atom. The number of nitrogens with zero attached hydrogens (tertiary/aromatic N) is 2. The average Bonchev–Trinajstić information content (AvgIpc) is 2.88. The smallest absolute Gasteiger partial charge is 0.311 e. The molecule has 0 amide bonds. The lowest BCUT2D eigenvalue weighted by molar-refractivity contribution is -0.134. The highest BCUT2D eigenvalue weighted by atomic mass is 16.5. The maximum atomic E-state index is 12.1. The van der Waals surface area contributed by atoms with Crippen LogP contribution in [-0.4, -0.2) is 27.7 Å². The van der Waals surface area contributed by atoms with Crippen molar-refractivity contribution < 1.29 is 14.6 Å². The third-order valence-corrected chi connectivity index (χ3v) is 6.41. The van der Waals surface area contributed by atoms with Gasteiger partial charge in [0.15, 0.2) is 5.82 Å². The summed E-state index contributed by atoms with van der Waals surface area (Å²) in [6, 6.07) is 7.45. The standard InChI is InChI=1S/C30H46N2O3/c1-2-3-4-5-11-14-17-26-24-31-30(32-25-26)27-19-21-28(22-20-27)35-29(34)18-15-12-9-7-6-8-10-13-16-23-33/h19-22,24-25,33H,2-18,23H2,1H3. The van der Waals surface area contributed by atoms with Crippen molar-refractivity contribution in [2.24, 2.45) is 0 Å². The summed E-state index contributed by atoms with van der Waals surface area (Å²) in [5.41, 5.74) is 2.11. The van der Waals surface area contributed by atoms with Gasteiger partial charge in [-0.15, -0.1) is 0 Å². The third-order valence-electron chi connectivity index (χ3n) is 6.41. The number of aromatic nitrogens is 2. The molecule has 0 bridgehead atoms. The number of aliphatic hydroxyl groups excluding tert-OH is 1. The Morgan fingerprint density at radius 2 is 1.29 bits per heavy atom. The fourth-order valence-electron chi connectivity index (χ4n) is 4.22. The van der Waals surface area contributed by atoms with E-state index in [1.54, 1.807) is 0 Å². The van der Waals surface area contributed by atoms with Crippen molar-refractivity contribution in [3.05, 3.63) is 42.2 Å². The van der Waals surface area contributed by atoms with Crippen LogP contribution < -0.4 is 4.74 Å². The summed E-state index contributed by atoms with van der Waals surface area (Å²) < 4.78 is 5.49. The number of carbonyl (C=O) groups is 1. The van der Waals surface area contributed by atoms with E-state index in [4.69, 9.17) is 9.84 Å². The SMILES string of the molecule is CCCCCCCCc1cnc(-c2ccc(OC(=O)CCCCCCCCCCCO)cc2)nc1. The van der Waals surface area contributed by atoms with Crippen LogP contribution in [0.25, 0.3) is 11.4 Å². The Bertz CT molecular complexity index is 790. The molecule has 1 aromatic carbocycles. The van der Waals surface area contributed by atoms with Gasteiger partial charge in [0, 0.05) is 31.0 Å². The molecule has 194 valence electrons. The molecular formula is C30H46N2O3. The molecule has 1 aromatic heterocycles. The molecule has 0 aliphatic heterocycles. The highest BCUT2D eigenvalue weighted by Gasteiger charge is 2.07. The quantitative estimate of drug-likeness (QED) is 0.118. The highest BCUT2D eigenvalue weighted by Crippen LogP contribution is 2.20. The molecule has 0 fully saturated rings. The molecule has 0 saturated carbocycles. The molecule has 2 rings (SSSR count). The van der Waals surface area contributed by atoms with Gasteiger partial charge in [0.05, 0.1) is 0 Å². The molecule has 0 saturated heterocycles. The van der Waals surface area contributed by atoms with Crippen LogP contribution in [0, 0.1) is 0 Å². The van der Waals surface area contributed by atoms with Crippen LogP contribution in [0.15, 0.2) is 36.7 Å². The predicted octanol–water partition coefficient (Wildman–Crippen LogP) is 7.85. The van der Waals surface area contributed by atoms with E-state index in [0.717, 1.165) is 37.7 Å². The minimum absolute atomic E-state index is 0.169. The zero-order chi connectivity index (χ0) is 25.0. The molecule has 0 radical (unpaired) electrons. The van der Waals surface area contributed by atoms with E-state index in [2.05, 4.69) is 16.9 Å². The third kappa shape index (κ3) is 13.4. The number of rotatable bonds is 20. The summed E-state index contributed by atoms with van der Waals surface area (Å²) in [6.07, 6.45) is 23.2. The van der Waals surface area contributed by atoms with Crippen LogP contribution in [0.2, 0.25) is 0 Å². The molecule has 0 unspecified atom stereocenters. The summed E-state index contributed by atoms with van der Waals surface area (Å²) in [4.78, 5) is 21.2. The lowest BCUT2D eigenvalue weighted by Gasteiger charge is -2.06. The second-order valence-corrected chi connectivity index (χ2v) is 9.59. The number of esters is 1. The molecule has 0 aliphatic carbocycles. The number of hydrogen-bond donors (Lipinski definition) is 1. The zero-order valence-electron chi connectivity index (χ0n) is 21.9. The minimum atomic E-state index is -0.169. The Labute approximate surface area is 212 Å². The molecule has 5 heteroatoms. The normalized spacial score (nSPS) is 11.0. The Morgan fingerprint density at radius 3 is 1.89 bits per heavy atom. The van der Waals surface area contributed by atoms with Crippen molar-refractivity contribution in [2.45, 2.75) is 116 Å². The van der Waals surface area contributed by atoms with Crippen molar-refractivity contribution >= 4 is 5.97 Å². The van der Waals surface area contributed by atoms with Gasteiger partial charge in [0.1, 0.15) is 5.75 Å². The van der Waals surface area contributed by atoms with Gasteiger partial charge in [0.2, 0.25) is 0 Å². The van der Waals surface area contributed by atoms with Crippen LogP contribution in [0.3, 0.4) is 0 Å². The zero-order valence-corrected chi connectivity index (χ0v) is 21.9. The number of aryl methyl sites for hydroxylation is 1. The molecule has 1 N–H and O–H groups in total. The first-order valence-corrected chi connectivity index (χ1v) is 14.0. The Balaban J connectivity index is 1.60. The van der Waals surface area contributed by atoms with Gasteiger partial charge in [-0.05, 0) is 55.5 Å². The Hall–Kier alpha value is -2.27. The monoisotopic (exact) mass is 482 g/mol. The van der Waals surface area contributed by atoms with Gasteiger partial charge in [-0.2, -0.15) is 0 Å². The Kier molecular flexibility index (Phi) is 15.7. The fourth-order valence-corrected chi connectivity index (χ4v) is 4.22. The maximum Gasteiger partial charge on any atom is 0.311 e. The van der Waals surface area contributed by atoms with Gasteiger partial charge < -0.3 is 9.84 Å².